The highest BCUT2D eigenvalue weighted by molar-refractivity contribution is 7.84. The van der Waals surface area contributed by atoms with Crippen molar-refractivity contribution in [3.05, 3.63) is 24.8 Å². The summed E-state index contributed by atoms with van der Waals surface area (Å²) >= 11 is 0. The van der Waals surface area contributed by atoms with E-state index < -0.39 is 10.8 Å². The molecule has 0 saturated heterocycles. The molecule has 1 atom stereocenters. The van der Waals surface area contributed by atoms with Crippen molar-refractivity contribution in [3.63, 3.8) is 0 Å². The van der Waals surface area contributed by atoms with Crippen molar-refractivity contribution in [2.75, 3.05) is 11.5 Å². The Morgan fingerprint density at radius 3 is 2.44 bits per heavy atom. The Kier molecular flexibility index (Phi) is 12.4. The largest absolute Gasteiger partial charge is 0.260 e. The van der Waals surface area contributed by atoms with Crippen LogP contribution in [0.2, 0.25) is 0 Å². The van der Waals surface area contributed by atoms with Crippen molar-refractivity contribution in [2.45, 2.75) is 51.9 Å². The van der Waals surface area contributed by atoms with E-state index in [1.807, 2.05) is 12.2 Å². The molecule has 1 unspecified atom stereocenters. The third-order valence-electron chi connectivity index (χ3n) is 2.51. The zero-order valence-electron chi connectivity index (χ0n) is 10.6. The van der Waals surface area contributed by atoms with Gasteiger partial charge in [0.15, 0.2) is 0 Å². The Labute approximate surface area is 103 Å². The van der Waals surface area contributed by atoms with E-state index in [-0.39, 0.29) is 0 Å². The molecule has 2 heteroatoms. The average Bonchev–Trinajstić information content (AvgIpc) is 2.29. The molecule has 0 N–H and O–H groups in total. The van der Waals surface area contributed by atoms with E-state index in [4.69, 9.17) is 0 Å². The molecule has 94 valence electrons. The van der Waals surface area contributed by atoms with Gasteiger partial charge in [-0.05, 0) is 12.8 Å². The maximum absolute atomic E-state index is 11.5. The van der Waals surface area contributed by atoms with Crippen LogP contribution in [0.15, 0.2) is 24.8 Å². The number of rotatable bonds is 11. The summed E-state index contributed by atoms with van der Waals surface area (Å²) in [5, 5.41) is 0. The molecule has 0 amide bonds. The van der Waals surface area contributed by atoms with Gasteiger partial charge in [0.25, 0.3) is 0 Å². The molecule has 0 rings (SSSR count). The zero-order chi connectivity index (χ0) is 12.1. The number of unbranched alkanes of at least 4 members (excludes halogenated alkanes) is 5. The van der Waals surface area contributed by atoms with Gasteiger partial charge in [-0.1, -0.05) is 63.8 Å². The lowest BCUT2D eigenvalue weighted by Crippen LogP contribution is -2.01. The minimum absolute atomic E-state index is 0.616. The van der Waals surface area contributed by atoms with Gasteiger partial charge in [-0.3, -0.25) is 4.21 Å². The fraction of sp³-hybridized carbons (Fsp3) is 0.714. The molecule has 16 heavy (non-hydrogen) atoms. The molecule has 1 nitrogen and oxygen atoms in total. The molecule has 0 aliphatic heterocycles. The number of hydrogen-bond donors (Lipinski definition) is 0. The van der Waals surface area contributed by atoms with Gasteiger partial charge in [0.2, 0.25) is 0 Å². The van der Waals surface area contributed by atoms with Crippen LogP contribution in [0.3, 0.4) is 0 Å². The Bertz CT molecular complexity index is 209. The standard InChI is InChI=1S/C14H26OS/c1-3-5-7-9-10-12-14-16(15)13-11-8-6-4-2/h4,6,8H,2-3,5,7,9-14H2,1H3/b8-6+. The fourth-order valence-electron chi connectivity index (χ4n) is 1.54. The maximum Gasteiger partial charge on any atom is 0.0269 e. The van der Waals surface area contributed by atoms with Crippen LogP contribution in [0, 0.1) is 0 Å². The van der Waals surface area contributed by atoms with Crippen molar-refractivity contribution in [2.24, 2.45) is 0 Å². The Morgan fingerprint density at radius 2 is 1.75 bits per heavy atom. The summed E-state index contributed by atoms with van der Waals surface area (Å²) in [7, 11) is -0.616. The summed E-state index contributed by atoms with van der Waals surface area (Å²) < 4.78 is 11.5. The Balaban J connectivity index is 3.23. The van der Waals surface area contributed by atoms with E-state index in [2.05, 4.69) is 13.5 Å². The highest BCUT2D eigenvalue weighted by Gasteiger charge is 1.98. The predicted octanol–water partition coefficient (Wildman–Crippen LogP) is 4.23. The molecular formula is C14H26OS. The maximum atomic E-state index is 11.5. The van der Waals surface area contributed by atoms with Gasteiger partial charge in [-0.2, -0.15) is 0 Å². The highest BCUT2D eigenvalue weighted by Crippen LogP contribution is 2.05. The monoisotopic (exact) mass is 242 g/mol. The topological polar surface area (TPSA) is 17.1 Å². The average molecular weight is 242 g/mol. The van der Waals surface area contributed by atoms with E-state index in [1.165, 1.54) is 32.1 Å². The lowest BCUT2D eigenvalue weighted by molar-refractivity contribution is 0.622. The molecule has 0 aliphatic rings. The second-order valence-electron chi connectivity index (χ2n) is 4.07. The van der Waals surface area contributed by atoms with Crippen LogP contribution in [-0.2, 0) is 10.8 Å². The quantitative estimate of drug-likeness (QED) is 0.391. The first-order chi connectivity index (χ1) is 7.81. The van der Waals surface area contributed by atoms with Gasteiger partial charge < -0.3 is 0 Å². The summed E-state index contributed by atoms with van der Waals surface area (Å²) in [6.07, 6.45) is 14.3. The van der Waals surface area contributed by atoms with Gasteiger partial charge in [0.1, 0.15) is 0 Å². The van der Waals surface area contributed by atoms with Crippen LogP contribution in [0.1, 0.15) is 51.9 Å². The summed E-state index contributed by atoms with van der Waals surface area (Å²) in [6, 6.07) is 0. The van der Waals surface area contributed by atoms with Crippen LogP contribution < -0.4 is 0 Å². The van der Waals surface area contributed by atoms with E-state index in [0.717, 1.165) is 24.3 Å². The molecule has 0 spiro atoms. The van der Waals surface area contributed by atoms with Crippen molar-refractivity contribution in [1.29, 1.82) is 0 Å². The minimum atomic E-state index is -0.616. The van der Waals surface area contributed by atoms with Crippen molar-refractivity contribution < 1.29 is 4.21 Å². The molecule has 0 fully saturated rings. The molecular weight excluding hydrogens is 216 g/mol. The molecule has 0 aromatic rings. The van der Waals surface area contributed by atoms with Gasteiger partial charge in [0, 0.05) is 22.3 Å². The van der Waals surface area contributed by atoms with Gasteiger partial charge in [-0.25, -0.2) is 0 Å². The molecule has 0 aromatic heterocycles. The zero-order valence-corrected chi connectivity index (χ0v) is 11.4. The summed E-state index contributed by atoms with van der Waals surface area (Å²) in [5.41, 5.74) is 0. The predicted molar refractivity (Wildman–Crippen MR) is 75.2 cm³/mol. The van der Waals surface area contributed by atoms with Crippen LogP contribution in [0.5, 0.6) is 0 Å². The molecule has 0 saturated carbocycles. The van der Waals surface area contributed by atoms with E-state index in [1.54, 1.807) is 6.08 Å². The first-order valence-electron chi connectivity index (χ1n) is 6.43. The minimum Gasteiger partial charge on any atom is -0.260 e. The van der Waals surface area contributed by atoms with E-state index in [0.29, 0.717) is 0 Å². The second-order valence-corrected chi connectivity index (χ2v) is 5.76. The summed E-state index contributed by atoms with van der Waals surface area (Å²) in [4.78, 5) is 0. The van der Waals surface area contributed by atoms with Gasteiger partial charge in [-0.15, -0.1) is 0 Å². The lowest BCUT2D eigenvalue weighted by atomic mass is 10.1. The SMILES string of the molecule is C=C/C=C/CCS(=O)CCCCCCCC. The first kappa shape index (κ1) is 15.6. The highest BCUT2D eigenvalue weighted by atomic mass is 32.2. The first-order valence-corrected chi connectivity index (χ1v) is 7.92. The van der Waals surface area contributed by atoms with Crippen LogP contribution in [0.25, 0.3) is 0 Å². The molecule has 0 bridgehead atoms. The Morgan fingerprint density at radius 1 is 1.06 bits per heavy atom. The summed E-state index contributed by atoms with van der Waals surface area (Å²) in [5.74, 6) is 1.69. The molecule has 0 radical (unpaired) electrons. The third-order valence-corrected chi connectivity index (χ3v) is 3.94. The number of allylic oxidation sites excluding steroid dienone is 3. The van der Waals surface area contributed by atoms with Crippen molar-refractivity contribution in [3.8, 4) is 0 Å². The van der Waals surface area contributed by atoms with Crippen LogP contribution >= 0.6 is 0 Å². The normalized spacial score (nSPS) is 13.1. The van der Waals surface area contributed by atoms with E-state index in [9.17, 15) is 4.21 Å². The fourth-order valence-corrected chi connectivity index (χ4v) is 2.67. The lowest BCUT2D eigenvalue weighted by Gasteiger charge is -2.01. The smallest absolute Gasteiger partial charge is 0.0269 e. The number of hydrogen-bond acceptors (Lipinski definition) is 1. The van der Waals surface area contributed by atoms with Crippen molar-refractivity contribution in [1.82, 2.24) is 0 Å². The molecule has 0 aliphatic carbocycles. The molecule has 0 heterocycles. The van der Waals surface area contributed by atoms with Gasteiger partial charge in [0.05, 0.1) is 0 Å². The van der Waals surface area contributed by atoms with Gasteiger partial charge >= 0.3 is 0 Å². The third kappa shape index (κ3) is 11.7. The van der Waals surface area contributed by atoms with E-state index >= 15 is 0 Å². The van der Waals surface area contributed by atoms with Crippen molar-refractivity contribution >= 4 is 10.8 Å². The Hall–Kier alpha value is -0.370. The van der Waals surface area contributed by atoms with Crippen LogP contribution in [-0.4, -0.2) is 15.7 Å². The summed E-state index contributed by atoms with van der Waals surface area (Å²) in [6.45, 7) is 5.83. The van der Waals surface area contributed by atoms with Crippen LogP contribution in [0.4, 0.5) is 0 Å². The molecule has 0 aromatic carbocycles. The second kappa shape index (κ2) is 12.7.